The highest BCUT2D eigenvalue weighted by molar-refractivity contribution is 7.85. The number of amides is 2. The zero-order chi connectivity index (χ0) is 28.9. The lowest BCUT2D eigenvalue weighted by molar-refractivity contribution is 0.0347. The van der Waals surface area contributed by atoms with E-state index in [4.69, 9.17) is 9.29 Å². The van der Waals surface area contributed by atoms with Crippen LogP contribution in [0.15, 0.2) is 42.5 Å². The Morgan fingerprint density at radius 3 is 2.39 bits per heavy atom. The van der Waals surface area contributed by atoms with Gasteiger partial charge in [-0.3, -0.25) is 14.2 Å². The third-order valence-corrected chi connectivity index (χ3v) is 6.02. The number of rotatable bonds is 8. The normalized spacial score (nSPS) is 15.5. The first-order chi connectivity index (χ1) is 17.4. The quantitative estimate of drug-likeness (QED) is 0.310. The molecule has 0 aliphatic carbocycles. The maximum atomic E-state index is 12.7. The molecular weight excluding hydrogens is 514 g/mol. The highest BCUT2D eigenvalue weighted by Gasteiger charge is 2.38. The van der Waals surface area contributed by atoms with E-state index >= 15 is 0 Å². The lowest BCUT2D eigenvalue weighted by Gasteiger charge is -2.39. The van der Waals surface area contributed by atoms with Crippen molar-refractivity contribution in [1.29, 1.82) is 0 Å². The minimum atomic E-state index is -3.67. The Balaban J connectivity index is 0.000000926. The van der Waals surface area contributed by atoms with Crippen molar-refractivity contribution in [1.82, 2.24) is 10.6 Å². The van der Waals surface area contributed by atoms with Gasteiger partial charge in [-0.15, -0.1) is 0 Å². The maximum absolute atomic E-state index is 12.7. The van der Waals surface area contributed by atoms with Crippen molar-refractivity contribution in [3.05, 3.63) is 59.2 Å². The van der Waals surface area contributed by atoms with Crippen LogP contribution in [0.3, 0.4) is 0 Å². The van der Waals surface area contributed by atoms with Crippen LogP contribution >= 0.6 is 0 Å². The molecule has 0 radical (unpaired) electrons. The first-order valence-electron chi connectivity index (χ1n) is 12.0. The van der Waals surface area contributed by atoms with Crippen LogP contribution < -0.4 is 15.5 Å². The molecule has 0 saturated carbocycles. The molecule has 1 unspecified atom stereocenters. The van der Waals surface area contributed by atoms with Gasteiger partial charge in [0.1, 0.15) is 11.4 Å². The Morgan fingerprint density at radius 1 is 1.18 bits per heavy atom. The molecule has 38 heavy (non-hydrogen) atoms. The summed E-state index contributed by atoms with van der Waals surface area (Å²) < 4.78 is 31.5. The zero-order valence-electron chi connectivity index (χ0n) is 22.5. The number of phenols is 1. The van der Waals surface area contributed by atoms with Gasteiger partial charge in [0, 0.05) is 31.2 Å². The molecule has 2 aromatic rings. The number of fused-ring (bicyclic) bond motifs is 1. The summed E-state index contributed by atoms with van der Waals surface area (Å²) in [4.78, 5) is 26.2. The molecule has 210 valence electrons. The predicted octanol–water partition coefficient (Wildman–Crippen LogP) is 2.94. The second-order valence-electron chi connectivity index (χ2n) is 10.2. The van der Waals surface area contributed by atoms with E-state index in [9.17, 15) is 28.2 Å². The number of para-hydroxylation sites is 1. The van der Waals surface area contributed by atoms with Gasteiger partial charge in [-0.1, -0.05) is 24.3 Å². The second-order valence-corrected chi connectivity index (χ2v) is 11.6. The van der Waals surface area contributed by atoms with E-state index in [0.717, 1.165) is 11.3 Å². The van der Waals surface area contributed by atoms with Gasteiger partial charge in [0.05, 0.1) is 23.6 Å². The molecule has 1 aliphatic heterocycles. The highest BCUT2D eigenvalue weighted by Crippen LogP contribution is 2.38. The van der Waals surface area contributed by atoms with Crippen LogP contribution in [-0.4, -0.2) is 67.1 Å². The lowest BCUT2D eigenvalue weighted by Crippen LogP contribution is -2.48. The molecule has 0 spiro atoms. The third kappa shape index (κ3) is 8.69. The van der Waals surface area contributed by atoms with Gasteiger partial charge in [0.15, 0.2) is 0 Å². The van der Waals surface area contributed by atoms with E-state index in [1.807, 2.05) is 52.0 Å². The van der Waals surface area contributed by atoms with E-state index in [1.54, 1.807) is 11.0 Å². The fourth-order valence-corrected chi connectivity index (χ4v) is 3.90. The summed E-state index contributed by atoms with van der Waals surface area (Å²) in [7, 11) is -2.19. The fraction of sp³-hybridized carbons (Fsp3) is 0.462. The fourth-order valence-electron chi connectivity index (χ4n) is 3.90. The van der Waals surface area contributed by atoms with Crippen LogP contribution in [-0.2, 0) is 20.5 Å². The van der Waals surface area contributed by atoms with Gasteiger partial charge in [-0.2, -0.15) is 8.42 Å². The van der Waals surface area contributed by atoms with Gasteiger partial charge < -0.3 is 25.6 Å². The largest absolute Gasteiger partial charge is 0.507 e. The number of phenolic OH excluding ortho intramolecular Hbond substituents is 1. The summed E-state index contributed by atoms with van der Waals surface area (Å²) in [6.07, 6.45) is 0.0745. The smallest absolute Gasteiger partial charge is 0.415 e. The van der Waals surface area contributed by atoms with Gasteiger partial charge in [0.2, 0.25) is 0 Å². The molecule has 12 heteroatoms. The first-order valence-corrected chi connectivity index (χ1v) is 13.8. The van der Waals surface area contributed by atoms with Crippen LogP contribution in [0.2, 0.25) is 0 Å². The molecule has 2 amide bonds. The number of carbonyl (C=O) groups excluding carboxylic acids is 2. The predicted molar refractivity (Wildman–Crippen MR) is 144 cm³/mol. The van der Waals surface area contributed by atoms with E-state index in [2.05, 4.69) is 10.6 Å². The number of hydrogen-bond donors (Lipinski definition) is 5. The Labute approximate surface area is 223 Å². The van der Waals surface area contributed by atoms with Crippen LogP contribution in [0, 0.1) is 0 Å². The minimum absolute atomic E-state index is 0.110. The molecule has 5 N–H and O–H groups in total. The number of aliphatic hydroxyl groups is 1. The van der Waals surface area contributed by atoms with Gasteiger partial charge >= 0.3 is 6.09 Å². The molecule has 1 atom stereocenters. The van der Waals surface area contributed by atoms with Crippen molar-refractivity contribution in [2.75, 3.05) is 31.3 Å². The number of ether oxygens (including phenoxy) is 1. The van der Waals surface area contributed by atoms with Gasteiger partial charge in [-0.05, 0) is 57.9 Å². The van der Waals surface area contributed by atoms with Crippen molar-refractivity contribution < 1.29 is 37.5 Å². The molecule has 0 aromatic heterocycles. The number of nitrogens with zero attached hydrogens (tertiary/aromatic N) is 1. The van der Waals surface area contributed by atoms with Crippen LogP contribution in [0.1, 0.15) is 61.7 Å². The highest BCUT2D eigenvalue weighted by atomic mass is 32.2. The van der Waals surface area contributed by atoms with E-state index in [-0.39, 0.29) is 24.0 Å². The molecule has 0 bridgehead atoms. The number of hydrogen-bond acceptors (Lipinski definition) is 8. The molecule has 1 aliphatic rings. The average molecular weight is 552 g/mol. The van der Waals surface area contributed by atoms with Crippen LogP contribution in [0.5, 0.6) is 5.75 Å². The average Bonchev–Trinajstić information content (AvgIpc) is 2.81. The number of anilines is 1. The summed E-state index contributed by atoms with van der Waals surface area (Å²) in [5.41, 5.74) is 1.36. The third-order valence-electron chi connectivity index (χ3n) is 6.02. The van der Waals surface area contributed by atoms with Crippen molar-refractivity contribution >= 4 is 27.8 Å². The van der Waals surface area contributed by atoms with Gasteiger partial charge in [0.25, 0.3) is 16.0 Å². The summed E-state index contributed by atoms with van der Waals surface area (Å²) in [5.74, 6) is -0.567. The molecule has 3 rings (SSSR count). The van der Waals surface area contributed by atoms with Crippen LogP contribution in [0.4, 0.5) is 10.5 Å². The van der Waals surface area contributed by atoms with Crippen molar-refractivity contribution in [2.45, 2.75) is 51.4 Å². The molecule has 0 fully saturated rings. The number of carbonyl (C=O) groups is 2. The molecular formula is C26H37N3O8S. The Bertz CT molecular complexity index is 1250. The maximum Gasteiger partial charge on any atom is 0.415 e. The van der Waals surface area contributed by atoms with E-state index < -0.39 is 33.3 Å². The summed E-state index contributed by atoms with van der Waals surface area (Å²) >= 11 is 0. The standard InChI is InChI=1S/C25H33N3O5.CH4O3S/c1-24(2,27-15-21(30)16-10-11-20(29)17(14-16)22(31)26-5)12-13-28-19-9-7-6-8-18(19)25(3,4)33-23(28)32;1-5(2,3)4/h6-11,14,21,27,29-30H,12-13,15H2,1-5H3,(H,26,31);1H3,(H,2,3,4). The lowest BCUT2D eigenvalue weighted by atomic mass is 9.93. The number of nitrogens with one attached hydrogen (secondary N) is 2. The van der Waals surface area contributed by atoms with Gasteiger partial charge in [-0.25, -0.2) is 4.79 Å². The molecule has 0 saturated heterocycles. The number of aliphatic hydroxyl groups excluding tert-OH is 1. The summed E-state index contributed by atoms with van der Waals surface area (Å²) in [5, 5.41) is 26.3. The SMILES string of the molecule is CNC(=O)c1cc(C(O)CNC(C)(C)CCN2C(=O)OC(C)(C)c3ccccc32)ccc1O.CS(=O)(=O)O. The van der Waals surface area contributed by atoms with Crippen molar-refractivity contribution in [2.24, 2.45) is 0 Å². The Hall–Kier alpha value is -3.19. The van der Waals surface area contributed by atoms with Crippen LogP contribution in [0.25, 0.3) is 0 Å². The molecule has 2 aromatic carbocycles. The topological polar surface area (TPSA) is 165 Å². The second kappa shape index (κ2) is 12.1. The monoisotopic (exact) mass is 551 g/mol. The Kier molecular flexibility index (Phi) is 9.89. The molecule has 11 nitrogen and oxygen atoms in total. The Morgan fingerprint density at radius 2 is 1.79 bits per heavy atom. The van der Waals surface area contributed by atoms with Crippen molar-refractivity contribution in [3.8, 4) is 5.75 Å². The van der Waals surface area contributed by atoms with E-state index in [0.29, 0.717) is 24.8 Å². The zero-order valence-corrected chi connectivity index (χ0v) is 23.3. The summed E-state index contributed by atoms with van der Waals surface area (Å²) in [6.45, 7) is 8.44. The summed E-state index contributed by atoms with van der Waals surface area (Å²) in [6, 6.07) is 12.2. The number of benzene rings is 2. The minimum Gasteiger partial charge on any atom is -0.507 e. The number of aromatic hydroxyl groups is 1. The number of cyclic esters (lactones) is 1. The molecule has 1 heterocycles. The van der Waals surface area contributed by atoms with Crippen molar-refractivity contribution in [3.63, 3.8) is 0 Å². The first kappa shape index (κ1) is 31.0. The number of β-amino-alcohol motifs (C(OH)–C–C–N with tert-alkyl or cyclic N) is 1. The van der Waals surface area contributed by atoms with E-state index in [1.165, 1.54) is 19.2 Å².